The maximum Gasteiger partial charge on any atom is 0.306 e. The molecule has 1 aliphatic rings. The van der Waals surface area contributed by atoms with Gasteiger partial charge in [0.25, 0.3) is 0 Å². The van der Waals surface area contributed by atoms with E-state index in [-0.39, 0.29) is 24.8 Å². The van der Waals surface area contributed by atoms with Crippen LogP contribution in [-0.2, 0) is 14.3 Å². The van der Waals surface area contributed by atoms with Gasteiger partial charge < -0.3 is 10.5 Å². The summed E-state index contributed by atoms with van der Waals surface area (Å²) >= 11 is 0. The molecule has 0 bridgehead atoms. The van der Waals surface area contributed by atoms with Crippen LogP contribution in [0.3, 0.4) is 0 Å². The summed E-state index contributed by atoms with van der Waals surface area (Å²) in [6.45, 7) is 0.243. The van der Waals surface area contributed by atoms with E-state index in [1.165, 1.54) is 7.11 Å². The van der Waals surface area contributed by atoms with Crippen LogP contribution >= 0.6 is 0 Å². The molecule has 0 aromatic heterocycles. The lowest BCUT2D eigenvalue weighted by molar-refractivity contribution is -0.143. The molecule has 1 rings (SSSR count). The van der Waals surface area contributed by atoms with Gasteiger partial charge in [0.05, 0.1) is 26.0 Å². The fourth-order valence-corrected chi connectivity index (χ4v) is 1.00. The monoisotopic (exact) mass is 185 g/mol. The first-order chi connectivity index (χ1) is 6.13. The zero-order chi connectivity index (χ0) is 9.84. The zero-order valence-corrected chi connectivity index (χ0v) is 7.24. The van der Waals surface area contributed by atoms with E-state index in [2.05, 4.69) is 15.0 Å². The van der Waals surface area contributed by atoms with Crippen molar-refractivity contribution in [2.45, 2.75) is 6.42 Å². The largest absolute Gasteiger partial charge is 0.469 e. The SMILES string of the molecule is COC(=O)CC1CN=C(N)NC1=O. The predicted molar refractivity (Wildman–Crippen MR) is 44.8 cm³/mol. The number of amides is 1. The van der Waals surface area contributed by atoms with Gasteiger partial charge >= 0.3 is 5.97 Å². The number of aliphatic imine (C=N–C) groups is 1. The number of guanidine groups is 1. The average molecular weight is 185 g/mol. The molecular weight excluding hydrogens is 174 g/mol. The van der Waals surface area contributed by atoms with E-state index in [1.807, 2.05) is 0 Å². The standard InChI is InChI=1S/C7H11N3O3/c1-13-5(11)2-4-3-9-7(8)10-6(4)12/h4H,2-3H2,1H3,(H3,8,9,10,12). The number of rotatable bonds is 2. The van der Waals surface area contributed by atoms with Crippen molar-refractivity contribution in [3.8, 4) is 0 Å². The van der Waals surface area contributed by atoms with Gasteiger partial charge in [-0.25, -0.2) is 0 Å². The molecule has 0 aliphatic carbocycles. The fraction of sp³-hybridized carbons (Fsp3) is 0.571. The Kier molecular flexibility index (Phi) is 2.84. The van der Waals surface area contributed by atoms with Crippen molar-refractivity contribution in [3.63, 3.8) is 0 Å². The van der Waals surface area contributed by atoms with E-state index in [9.17, 15) is 9.59 Å². The molecule has 0 aromatic carbocycles. The Balaban J connectivity index is 2.53. The van der Waals surface area contributed by atoms with Crippen molar-refractivity contribution >= 4 is 17.8 Å². The number of carbonyl (C=O) groups excluding carboxylic acids is 2. The zero-order valence-electron chi connectivity index (χ0n) is 7.24. The van der Waals surface area contributed by atoms with Gasteiger partial charge in [-0.1, -0.05) is 0 Å². The molecular formula is C7H11N3O3. The summed E-state index contributed by atoms with van der Waals surface area (Å²) in [4.78, 5) is 25.8. The van der Waals surface area contributed by atoms with Crippen molar-refractivity contribution < 1.29 is 14.3 Å². The second kappa shape index (κ2) is 3.88. The number of carbonyl (C=O) groups is 2. The van der Waals surface area contributed by atoms with Crippen LogP contribution in [0.15, 0.2) is 4.99 Å². The van der Waals surface area contributed by atoms with Crippen LogP contribution in [0, 0.1) is 5.92 Å². The van der Waals surface area contributed by atoms with Crippen molar-refractivity contribution in [3.05, 3.63) is 0 Å². The van der Waals surface area contributed by atoms with E-state index in [0.29, 0.717) is 0 Å². The Morgan fingerprint density at radius 1 is 1.85 bits per heavy atom. The highest BCUT2D eigenvalue weighted by Crippen LogP contribution is 2.08. The summed E-state index contributed by atoms with van der Waals surface area (Å²) in [6, 6.07) is 0. The van der Waals surface area contributed by atoms with Crippen molar-refractivity contribution in [2.24, 2.45) is 16.6 Å². The highest BCUT2D eigenvalue weighted by molar-refractivity contribution is 6.00. The number of hydrogen-bond acceptors (Lipinski definition) is 5. The molecule has 0 spiro atoms. The van der Waals surface area contributed by atoms with Crippen LogP contribution < -0.4 is 11.1 Å². The van der Waals surface area contributed by atoms with Crippen LogP contribution in [0.1, 0.15) is 6.42 Å². The highest BCUT2D eigenvalue weighted by Gasteiger charge is 2.25. The van der Waals surface area contributed by atoms with Crippen molar-refractivity contribution in [1.82, 2.24) is 5.32 Å². The summed E-state index contributed by atoms with van der Waals surface area (Å²) < 4.78 is 4.43. The van der Waals surface area contributed by atoms with E-state index < -0.39 is 11.9 Å². The molecule has 0 radical (unpaired) electrons. The number of nitrogens with zero attached hydrogens (tertiary/aromatic N) is 1. The smallest absolute Gasteiger partial charge is 0.306 e. The van der Waals surface area contributed by atoms with Crippen LogP contribution in [-0.4, -0.2) is 31.5 Å². The molecule has 6 heteroatoms. The Labute approximate surface area is 75.1 Å². The number of nitrogens with one attached hydrogen (secondary N) is 1. The Morgan fingerprint density at radius 2 is 2.54 bits per heavy atom. The first-order valence-corrected chi connectivity index (χ1v) is 3.81. The van der Waals surface area contributed by atoms with Gasteiger partial charge in [-0.05, 0) is 0 Å². The molecule has 1 atom stereocenters. The lowest BCUT2D eigenvalue weighted by atomic mass is 10.0. The molecule has 1 amide bonds. The third-order valence-corrected chi connectivity index (χ3v) is 1.74. The number of hydrogen-bond donors (Lipinski definition) is 2. The summed E-state index contributed by atoms with van der Waals surface area (Å²) in [7, 11) is 1.28. The minimum atomic E-state index is -0.459. The van der Waals surface area contributed by atoms with E-state index in [0.717, 1.165) is 0 Å². The van der Waals surface area contributed by atoms with E-state index in [4.69, 9.17) is 5.73 Å². The Morgan fingerprint density at radius 3 is 3.08 bits per heavy atom. The third-order valence-electron chi connectivity index (χ3n) is 1.74. The van der Waals surface area contributed by atoms with Crippen LogP contribution in [0.25, 0.3) is 0 Å². The van der Waals surface area contributed by atoms with Gasteiger partial charge in [0, 0.05) is 0 Å². The molecule has 1 heterocycles. The number of methoxy groups -OCH3 is 1. The maximum absolute atomic E-state index is 11.2. The van der Waals surface area contributed by atoms with Crippen LogP contribution in [0.2, 0.25) is 0 Å². The Hall–Kier alpha value is -1.59. The van der Waals surface area contributed by atoms with Gasteiger partial charge in [-0.3, -0.25) is 19.9 Å². The molecule has 0 saturated heterocycles. The maximum atomic E-state index is 11.2. The summed E-state index contributed by atoms with van der Waals surface area (Å²) in [5, 5.41) is 2.34. The number of ether oxygens (including phenoxy) is 1. The molecule has 6 nitrogen and oxygen atoms in total. The third kappa shape index (κ3) is 2.43. The van der Waals surface area contributed by atoms with E-state index in [1.54, 1.807) is 0 Å². The molecule has 1 unspecified atom stereocenters. The van der Waals surface area contributed by atoms with Crippen LogP contribution in [0.4, 0.5) is 0 Å². The highest BCUT2D eigenvalue weighted by atomic mass is 16.5. The minimum absolute atomic E-state index is 0.0408. The van der Waals surface area contributed by atoms with Gasteiger partial charge in [0.2, 0.25) is 5.91 Å². The fourth-order valence-electron chi connectivity index (χ4n) is 1.00. The molecule has 1 aliphatic heterocycles. The topological polar surface area (TPSA) is 93.8 Å². The molecule has 0 aromatic rings. The minimum Gasteiger partial charge on any atom is -0.469 e. The van der Waals surface area contributed by atoms with Crippen LogP contribution in [0.5, 0.6) is 0 Å². The molecule has 0 saturated carbocycles. The van der Waals surface area contributed by atoms with Gasteiger partial charge in [0.1, 0.15) is 0 Å². The summed E-state index contributed by atoms with van der Waals surface area (Å²) in [5.74, 6) is -1.06. The number of esters is 1. The molecule has 3 N–H and O–H groups in total. The average Bonchev–Trinajstić information content (AvgIpc) is 2.09. The first-order valence-electron chi connectivity index (χ1n) is 3.81. The second-order valence-corrected chi connectivity index (χ2v) is 2.69. The van der Waals surface area contributed by atoms with Crippen molar-refractivity contribution in [1.29, 1.82) is 0 Å². The second-order valence-electron chi connectivity index (χ2n) is 2.69. The lowest BCUT2D eigenvalue weighted by Gasteiger charge is -2.17. The predicted octanol–water partition coefficient (Wildman–Crippen LogP) is -1.39. The summed E-state index contributed by atoms with van der Waals surface area (Å²) in [6.07, 6.45) is 0.0408. The van der Waals surface area contributed by atoms with Gasteiger partial charge in [-0.15, -0.1) is 0 Å². The first kappa shape index (κ1) is 9.50. The Bertz CT molecular complexity index is 262. The number of nitrogens with two attached hydrogens (primary N) is 1. The summed E-state index contributed by atoms with van der Waals surface area (Å²) in [5.41, 5.74) is 5.25. The van der Waals surface area contributed by atoms with Gasteiger partial charge in [-0.2, -0.15) is 0 Å². The van der Waals surface area contributed by atoms with E-state index >= 15 is 0 Å². The quantitative estimate of drug-likeness (QED) is 0.518. The normalized spacial score (nSPS) is 21.8. The molecule has 72 valence electrons. The lowest BCUT2D eigenvalue weighted by Crippen LogP contribution is -2.46. The van der Waals surface area contributed by atoms with Gasteiger partial charge in [0.15, 0.2) is 5.96 Å². The molecule has 0 fully saturated rings. The van der Waals surface area contributed by atoms with Crippen molar-refractivity contribution in [2.75, 3.05) is 13.7 Å². The molecule has 13 heavy (non-hydrogen) atoms.